The Balaban J connectivity index is 1.59. The Bertz CT molecular complexity index is 1010. The third-order valence-corrected chi connectivity index (χ3v) is 6.06. The summed E-state index contributed by atoms with van der Waals surface area (Å²) in [7, 11) is 1.61. The van der Waals surface area contributed by atoms with Crippen molar-refractivity contribution in [3.63, 3.8) is 0 Å². The van der Waals surface area contributed by atoms with Gasteiger partial charge in [-0.05, 0) is 56.9 Å². The summed E-state index contributed by atoms with van der Waals surface area (Å²) >= 11 is 0. The van der Waals surface area contributed by atoms with Crippen LogP contribution in [0.3, 0.4) is 0 Å². The van der Waals surface area contributed by atoms with E-state index in [-0.39, 0.29) is 23.8 Å². The highest BCUT2D eigenvalue weighted by atomic mass is 16.6. The van der Waals surface area contributed by atoms with Gasteiger partial charge in [-0.3, -0.25) is 9.59 Å². The summed E-state index contributed by atoms with van der Waals surface area (Å²) in [6, 6.07) is 16.4. The molecule has 2 N–H and O–H groups in total. The molecule has 0 aliphatic carbocycles. The first-order valence-electron chi connectivity index (χ1n) is 12.4. The summed E-state index contributed by atoms with van der Waals surface area (Å²) in [5.41, 5.74) is 1.33. The zero-order chi connectivity index (χ0) is 26.1. The van der Waals surface area contributed by atoms with E-state index in [1.165, 1.54) is 0 Å². The molecule has 1 fully saturated rings. The van der Waals surface area contributed by atoms with Crippen LogP contribution in [0.2, 0.25) is 0 Å². The van der Waals surface area contributed by atoms with Crippen molar-refractivity contribution in [2.45, 2.75) is 58.2 Å². The molecule has 1 aliphatic rings. The van der Waals surface area contributed by atoms with Gasteiger partial charge in [-0.1, -0.05) is 42.5 Å². The van der Waals surface area contributed by atoms with E-state index in [0.29, 0.717) is 38.9 Å². The SMILES string of the molecule is COc1ccc(CNC(=O)C(Cc2ccccc2)NC(=O)C2CCN(C(=O)OC(C)(C)C)CC2)cc1. The first-order chi connectivity index (χ1) is 17.1. The van der Waals surface area contributed by atoms with E-state index in [1.807, 2.05) is 75.4 Å². The first-order valence-corrected chi connectivity index (χ1v) is 12.4. The predicted octanol–water partition coefficient (Wildman–Crippen LogP) is 3.69. The van der Waals surface area contributed by atoms with Crippen LogP contribution in [-0.2, 0) is 27.3 Å². The predicted molar refractivity (Wildman–Crippen MR) is 137 cm³/mol. The van der Waals surface area contributed by atoms with Crippen LogP contribution < -0.4 is 15.4 Å². The monoisotopic (exact) mass is 495 g/mol. The number of carbonyl (C=O) groups is 3. The van der Waals surface area contributed by atoms with E-state index in [1.54, 1.807) is 12.0 Å². The van der Waals surface area contributed by atoms with Crippen LogP contribution >= 0.6 is 0 Å². The molecule has 0 aromatic heterocycles. The summed E-state index contributed by atoms with van der Waals surface area (Å²) in [6.45, 7) is 6.73. The van der Waals surface area contributed by atoms with E-state index >= 15 is 0 Å². The molecule has 0 spiro atoms. The van der Waals surface area contributed by atoms with E-state index < -0.39 is 11.6 Å². The van der Waals surface area contributed by atoms with Crippen LogP contribution in [0.1, 0.15) is 44.7 Å². The lowest BCUT2D eigenvalue weighted by atomic mass is 9.95. The number of ether oxygens (including phenoxy) is 2. The zero-order valence-electron chi connectivity index (χ0n) is 21.6. The van der Waals surface area contributed by atoms with Crippen LogP contribution in [0.4, 0.5) is 4.79 Å². The normalized spacial score (nSPS) is 15.1. The third kappa shape index (κ3) is 8.29. The number of methoxy groups -OCH3 is 1. The summed E-state index contributed by atoms with van der Waals surface area (Å²) in [4.78, 5) is 40.2. The molecule has 1 unspecified atom stereocenters. The maximum absolute atomic E-state index is 13.1. The fourth-order valence-electron chi connectivity index (χ4n) is 4.06. The third-order valence-electron chi connectivity index (χ3n) is 6.06. The topological polar surface area (TPSA) is 97.0 Å². The van der Waals surface area contributed by atoms with E-state index in [2.05, 4.69) is 10.6 Å². The second-order valence-corrected chi connectivity index (χ2v) is 10.1. The van der Waals surface area contributed by atoms with Gasteiger partial charge in [0, 0.05) is 32.0 Å². The molecule has 1 atom stereocenters. The molecule has 3 rings (SSSR count). The Morgan fingerprint density at radius 2 is 1.61 bits per heavy atom. The largest absolute Gasteiger partial charge is 0.497 e. The van der Waals surface area contributed by atoms with E-state index in [9.17, 15) is 14.4 Å². The van der Waals surface area contributed by atoms with Gasteiger partial charge in [0.25, 0.3) is 0 Å². The molecule has 1 saturated heterocycles. The molecule has 1 heterocycles. The molecule has 1 aliphatic heterocycles. The van der Waals surface area contributed by atoms with Gasteiger partial charge in [-0.25, -0.2) is 4.79 Å². The fraction of sp³-hybridized carbons (Fsp3) is 0.464. The lowest BCUT2D eigenvalue weighted by Gasteiger charge is -2.33. The minimum atomic E-state index is -0.706. The molecule has 8 nitrogen and oxygen atoms in total. The van der Waals surface area contributed by atoms with Gasteiger partial charge in [0.1, 0.15) is 17.4 Å². The standard InChI is InChI=1S/C28H37N3O5/c1-28(2,3)36-27(34)31-16-14-22(15-17-31)25(32)30-24(18-20-8-6-5-7-9-20)26(33)29-19-21-10-12-23(35-4)13-11-21/h5-13,22,24H,14-19H2,1-4H3,(H,29,33)(H,30,32). The fourth-order valence-corrected chi connectivity index (χ4v) is 4.06. The van der Waals surface area contributed by atoms with Crippen LogP contribution in [0.15, 0.2) is 54.6 Å². The van der Waals surface area contributed by atoms with Gasteiger partial charge in [-0.2, -0.15) is 0 Å². The van der Waals surface area contributed by atoms with E-state index in [0.717, 1.165) is 16.9 Å². The number of amides is 3. The van der Waals surface area contributed by atoms with Gasteiger partial charge >= 0.3 is 6.09 Å². The van der Waals surface area contributed by atoms with E-state index in [4.69, 9.17) is 9.47 Å². The second kappa shape index (κ2) is 12.4. The average molecular weight is 496 g/mol. The smallest absolute Gasteiger partial charge is 0.410 e. The van der Waals surface area contributed by atoms with Crippen LogP contribution in [0, 0.1) is 5.92 Å². The highest BCUT2D eigenvalue weighted by Gasteiger charge is 2.32. The minimum absolute atomic E-state index is 0.167. The number of nitrogens with zero attached hydrogens (tertiary/aromatic N) is 1. The number of hydrogen-bond acceptors (Lipinski definition) is 5. The molecule has 0 saturated carbocycles. The first kappa shape index (κ1) is 27.0. The van der Waals surface area contributed by atoms with Crippen molar-refractivity contribution in [1.82, 2.24) is 15.5 Å². The summed E-state index contributed by atoms with van der Waals surface area (Å²) in [5.74, 6) is 0.0712. The Hall–Kier alpha value is -3.55. The van der Waals surface area contributed by atoms with Crippen LogP contribution in [-0.4, -0.2) is 54.6 Å². The summed E-state index contributed by atoms with van der Waals surface area (Å²) in [6.07, 6.45) is 1.08. The number of benzene rings is 2. The van der Waals surface area contributed by atoms with Crippen molar-refractivity contribution >= 4 is 17.9 Å². The Kier molecular flexibility index (Phi) is 9.33. The molecule has 3 amide bonds. The zero-order valence-corrected chi connectivity index (χ0v) is 21.6. The summed E-state index contributed by atoms with van der Waals surface area (Å²) in [5, 5.41) is 5.91. The second-order valence-electron chi connectivity index (χ2n) is 10.1. The maximum Gasteiger partial charge on any atom is 0.410 e. The van der Waals surface area contributed by atoms with Gasteiger partial charge in [0.05, 0.1) is 7.11 Å². The highest BCUT2D eigenvalue weighted by Crippen LogP contribution is 2.20. The van der Waals surface area contributed by atoms with Gasteiger partial charge in [-0.15, -0.1) is 0 Å². The lowest BCUT2D eigenvalue weighted by Crippen LogP contribution is -2.51. The Morgan fingerprint density at radius 3 is 2.19 bits per heavy atom. The van der Waals surface area contributed by atoms with Crippen molar-refractivity contribution in [3.05, 3.63) is 65.7 Å². The number of piperidine rings is 1. The number of hydrogen-bond donors (Lipinski definition) is 2. The molecule has 194 valence electrons. The molecule has 0 bridgehead atoms. The summed E-state index contributed by atoms with van der Waals surface area (Å²) < 4.78 is 10.6. The minimum Gasteiger partial charge on any atom is -0.497 e. The van der Waals surface area contributed by atoms with Gasteiger partial charge in [0.15, 0.2) is 0 Å². The van der Waals surface area contributed by atoms with Crippen LogP contribution in [0.5, 0.6) is 5.75 Å². The van der Waals surface area contributed by atoms with Gasteiger partial charge in [0.2, 0.25) is 11.8 Å². The molecule has 2 aromatic rings. The quantitative estimate of drug-likeness (QED) is 0.582. The lowest BCUT2D eigenvalue weighted by molar-refractivity contribution is -0.132. The maximum atomic E-state index is 13.1. The van der Waals surface area contributed by atoms with Crippen molar-refractivity contribution in [2.75, 3.05) is 20.2 Å². The molecule has 36 heavy (non-hydrogen) atoms. The molecular weight excluding hydrogens is 458 g/mol. The van der Waals surface area contributed by atoms with Crippen molar-refractivity contribution < 1.29 is 23.9 Å². The van der Waals surface area contributed by atoms with Crippen molar-refractivity contribution in [2.24, 2.45) is 5.92 Å². The Morgan fingerprint density at radius 1 is 0.972 bits per heavy atom. The number of likely N-dealkylation sites (tertiary alicyclic amines) is 1. The Labute approximate surface area is 213 Å². The van der Waals surface area contributed by atoms with Crippen LogP contribution in [0.25, 0.3) is 0 Å². The molecule has 0 radical (unpaired) electrons. The average Bonchev–Trinajstić information content (AvgIpc) is 2.87. The number of carbonyl (C=O) groups excluding carboxylic acids is 3. The number of nitrogens with one attached hydrogen (secondary N) is 2. The highest BCUT2D eigenvalue weighted by molar-refractivity contribution is 5.88. The van der Waals surface area contributed by atoms with Crippen molar-refractivity contribution in [3.8, 4) is 5.75 Å². The van der Waals surface area contributed by atoms with Gasteiger partial charge < -0.3 is 25.0 Å². The molecule has 2 aromatic carbocycles. The molecular formula is C28H37N3O5. The molecule has 8 heteroatoms. The van der Waals surface area contributed by atoms with Crippen molar-refractivity contribution in [1.29, 1.82) is 0 Å². The number of rotatable bonds is 8.